The van der Waals surface area contributed by atoms with Crippen LogP contribution in [0.2, 0.25) is 0 Å². The average Bonchev–Trinajstić information content (AvgIpc) is 2.75. The van der Waals surface area contributed by atoms with E-state index in [9.17, 15) is 4.79 Å². The van der Waals surface area contributed by atoms with Crippen molar-refractivity contribution in [1.29, 1.82) is 0 Å². The van der Waals surface area contributed by atoms with Crippen LogP contribution in [-0.4, -0.2) is 46.7 Å². The number of carbonyl (C=O) groups excluding carboxylic acids is 1. The van der Waals surface area contributed by atoms with E-state index in [1.807, 2.05) is 11.5 Å². The molecule has 1 fully saturated rings. The molecule has 0 bridgehead atoms. The molecule has 6 nitrogen and oxygen atoms in total. The Balaban J connectivity index is 2.12. The number of aryl methyl sites for hydroxylation is 1. The molecule has 1 aromatic rings. The maximum atomic E-state index is 11.6. The summed E-state index contributed by atoms with van der Waals surface area (Å²) in [6.45, 7) is 7.09. The van der Waals surface area contributed by atoms with Gasteiger partial charge in [-0.25, -0.2) is 9.78 Å². The van der Waals surface area contributed by atoms with E-state index in [1.54, 1.807) is 0 Å². The molecule has 0 aromatic carbocycles. The molecule has 2 N–H and O–H groups in total. The predicted molar refractivity (Wildman–Crippen MR) is 77.6 cm³/mol. The maximum Gasteiger partial charge on any atom is 0.360 e. The lowest BCUT2D eigenvalue weighted by Gasteiger charge is -2.32. The van der Waals surface area contributed by atoms with Gasteiger partial charge in [-0.1, -0.05) is 6.42 Å². The number of nitrogen functional groups attached to an aromatic ring is 1. The van der Waals surface area contributed by atoms with E-state index in [0.29, 0.717) is 11.9 Å². The number of nitrogens with two attached hydrogens (primary N) is 1. The summed E-state index contributed by atoms with van der Waals surface area (Å²) < 4.78 is 6.61. The lowest BCUT2D eigenvalue weighted by molar-refractivity contribution is 0.0595. The van der Waals surface area contributed by atoms with Gasteiger partial charge in [0.2, 0.25) is 0 Å². The molecule has 0 aliphatic carbocycles. The van der Waals surface area contributed by atoms with Gasteiger partial charge in [0.25, 0.3) is 0 Å². The molecule has 112 valence electrons. The Bertz CT molecular complexity index is 478. The molecule has 20 heavy (non-hydrogen) atoms. The smallest absolute Gasteiger partial charge is 0.360 e. The van der Waals surface area contributed by atoms with Crippen LogP contribution < -0.4 is 5.73 Å². The van der Waals surface area contributed by atoms with Crippen molar-refractivity contribution in [3.8, 4) is 0 Å². The van der Waals surface area contributed by atoms with Crippen molar-refractivity contribution >= 4 is 11.8 Å². The highest BCUT2D eigenvalue weighted by atomic mass is 16.5. The van der Waals surface area contributed by atoms with Crippen LogP contribution in [0.15, 0.2) is 0 Å². The van der Waals surface area contributed by atoms with Gasteiger partial charge in [0.1, 0.15) is 11.6 Å². The number of rotatable bonds is 4. The molecule has 0 spiro atoms. The molecular weight excluding hydrogens is 256 g/mol. The largest absolute Gasteiger partial charge is 0.464 e. The van der Waals surface area contributed by atoms with E-state index in [4.69, 9.17) is 10.5 Å². The molecule has 1 unspecified atom stereocenters. The molecule has 1 aliphatic heterocycles. The van der Waals surface area contributed by atoms with Crippen molar-refractivity contribution in [1.82, 2.24) is 14.5 Å². The van der Waals surface area contributed by atoms with Crippen LogP contribution in [0.1, 0.15) is 42.5 Å². The number of ether oxygens (including phenoxy) is 1. The van der Waals surface area contributed by atoms with Crippen LogP contribution in [-0.2, 0) is 11.3 Å². The first-order valence-corrected chi connectivity index (χ1v) is 7.19. The second-order valence-electron chi connectivity index (χ2n) is 5.44. The molecule has 2 heterocycles. The first-order valence-electron chi connectivity index (χ1n) is 7.19. The molecule has 1 aliphatic rings. The van der Waals surface area contributed by atoms with E-state index < -0.39 is 5.97 Å². The topological polar surface area (TPSA) is 73.4 Å². The van der Waals surface area contributed by atoms with Crippen molar-refractivity contribution in [2.24, 2.45) is 0 Å². The maximum absolute atomic E-state index is 11.6. The fourth-order valence-corrected chi connectivity index (χ4v) is 2.80. The van der Waals surface area contributed by atoms with E-state index in [-0.39, 0.29) is 5.69 Å². The summed E-state index contributed by atoms with van der Waals surface area (Å²) in [7, 11) is 1.34. The van der Waals surface area contributed by atoms with Crippen LogP contribution >= 0.6 is 0 Å². The normalized spacial score (nSPS) is 17.9. The third-order valence-electron chi connectivity index (χ3n) is 4.04. The van der Waals surface area contributed by atoms with Gasteiger partial charge in [0, 0.05) is 12.6 Å². The van der Waals surface area contributed by atoms with Gasteiger partial charge in [-0.15, -0.1) is 0 Å². The van der Waals surface area contributed by atoms with Gasteiger partial charge in [0.05, 0.1) is 7.11 Å². The number of imidazole rings is 1. The Morgan fingerprint density at radius 1 is 1.40 bits per heavy atom. The molecule has 0 saturated carbocycles. The summed E-state index contributed by atoms with van der Waals surface area (Å²) in [5.74, 6) is 0.681. The van der Waals surface area contributed by atoms with Gasteiger partial charge < -0.3 is 15.0 Å². The van der Waals surface area contributed by atoms with Crippen molar-refractivity contribution in [2.75, 3.05) is 25.9 Å². The first-order chi connectivity index (χ1) is 9.54. The number of nitrogens with zero attached hydrogens (tertiary/aromatic N) is 3. The van der Waals surface area contributed by atoms with Crippen LogP contribution in [0.25, 0.3) is 0 Å². The Hall–Kier alpha value is -1.56. The molecule has 1 saturated heterocycles. The Morgan fingerprint density at radius 2 is 2.05 bits per heavy atom. The summed E-state index contributed by atoms with van der Waals surface area (Å²) in [6.07, 6.45) is 3.84. The fourth-order valence-electron chi connectivity index (χ4n) is 2.80. The van der Waals surface area contributed by atoms with Gasteiger partial charge in [-0.2, -0.15) is 0 Å². The number of piperidine rings is 1. The number of methoxy groups -OCH3 is 1. The lowest BCUT2D eigenvalue weighted by Crippen LogP contribution is -2.40. The minimum absolute atomic E-state index is 0.218. The molecule has 0 amide bonds. The summed E-state index contributed by atoms with van der Waals surface area (Å²) in [5, 5.41) is 0. The van der Waals surface area contributed by atoms with E-state index >= 15 is 0 Å². The van der Waals surface area contributed by atoms with Crippen molar-refractivity contribution in [2.45, 2.75) is 45.7 Å². The standard InChI is InChI=1S/C14H24N4O2/c1-10(17-7-5-4-6-8-17)9-18-11(2)16-12(13(18)15)14(19)20-3/h10H,4-9,15H2,1-3H3. The van der Waals surface area contributed by atoms with Gasteiger partial charge in [-0.05, 0) is 39.8 Å². The summed E-state index contributed by atoms with van der Waals surface area (Å²) >= 11 is 0. The third-order valence-corrected chi connectivity index (χ3v) is 4.04. The highest BCUT2D eigenvalue weighted by Crippen LogP contribution is 2.19. The van der Waals surface area contributed by atoms with Crippen LogP contribution in [0.4, 0.5) is 5.82 Å². The predicted octanol–water partition coefficient (Wildman–Crippen LogP) is 1.43. The number of hydrogen-bond donors (Lipinski definition) is 1. The highest BCUT2D eigenvalue weighted by Gasteiger charge is 2.22. The minimum atomic E-state index is -0.477. The molecule has 6 heteroatoms. The van der Waals surface area contributed by atoms with Crippen LogP contribution in [0.5, 0.6) is 0 Å². The number of anilines is 1. The van der Waals surface area contributed by atoms with Crippen LogP contribution in [0.3, 0.4) is 0 Å². The Labute approximate surface area is 119 Å². The SMILES string of the molecule is COC(=O)c1nc(C)n(CC(C)N2CCCCC2)c1N. The molecule has 1 aromatic heterocycles. The van der Waals surface area contributed by atoms with E-state index in [0.717, 1.165) is 25.5 Å². The number of aromatic nitrogens is 2. The summed E-state index contributed by atoms with van der Waals surface area (Å²) in [4.78, 5) is 18.3. The number of likely N-dealkylation sites (tertiary alicyclic amines) is 1. The minimum Gasteiger partial charge on any atom is -0.464 e. The zero-order valence-electron chi connectivity index (χ0n) is 12.6. The first kappa shape index (κ1) is 14.8. The Kier molecular flexibility index (Phi) is 4.65. The Morgan fingerprint density at radius 3 is 2.65 bits per heavy atom. The van der Waals surface area contributed by atoms with E-state index in [2.05, 4.69) is 16.8 Å². The van der Waals surface area contributed by atoms with E-state index in [1.165, 1.54) is 26.4 Å². The third kappa shape index (κ3) is 2.95. The monoisotopic (exact) mass is 280 g/mol. The van der Waals surface area contributed by atoms with Crippen molar-refractivity contribution in [3.63, 3.8) is 0 Å². The van der Waals surface area contributed by atoms with Crippen molar-refractivity contribution in [3.05, 3.63) is 11.5 Å². The van der Waals surface area contributed by atoms with Gasteiger partial charge >= 0.3 is 5.97 Å². The number of esters is 1. The summed E-state index contributed by atoms with van der Waals surface area (Å²) in [6, 6.07) is 0.385. The van der Waals surface area contributed by atoms with Crippen LogP contribution in [0, 0.1) is 6.92 Å². The fraction of sp³-hybridized carbons (Fsp3) is 0.714. The average molecular weight is 280 g/mol. The molecule has 0 radical (unpaired) electrons. The van der Waals surface area contributed by atoms with Gasteiger partial charge in [-0.3, -0.25) is 4.90 Å². The summed E-state index contributed by atoms with van der Waals surface area (Å²) in [5.41, 5.74) is 6.26. The molecule has 1 atom stereocenters. The zero-order valence-corrected chi connectivity index (χ0v) is 12.6. The molecular formula is C14H24N4O2. The second kappa shape index (κ2) is 6.26. The second-order valence-corrected chi connectivity index (χ2v) is 5.44. The molecule has 2 rings (SSSR count). The zero-order chi connectivity index (χ0) is 14.7. The quantitative estimate of drug-likeness (QED) is 0.845. The van der Waals surface area contributed by atoms with Gasteiger partial charge in [0.15, 0.2) is 5.69 Å². The van der Waals surface area contributed by atoms with Crippen molar-refractivity contribution < 1.29 is 9.53 Å². The number of carbonyl (C=O) groups is 1. The highest BCUT2D eigenvalue weighted by molar-refractivity contribution is 5.92. The lowest BCUT2D eigenvalue weighted by atomic mass is 10.1. The number of hydrogen-bond acceptors (Lipinski definition) is 5.